The molecule has 0 spiro atoms. The number of phenols is 1. The van der Waals surface area contributed by atoms with Gasteiger partial charge in [-0.3, -0.25) is 9.58 Å². The fourth-order valence-electron chi connectivity index (χ4n) is 8.32. The van der Waals surface area contributed by atoms with Crippen molar-refractivity contribution in [3.63, 3.8) is 0 Å². The van der Waals surface area contributed by atoms with Crippen LogP contribution in [0.1, 0.15) is 55.1 Å². The minimum absolute atomic E-state index is 0.133. The number of aromatic nitrogens is 4. The number of hydrogen-bond acceptors (Lipinski definition) is 9. The van der Waals surface area contributed by atoms with Crippen LogP contribution in [0.25, 0.3) is 10.8 Å². The van der Waals surface area contributed by atoms with Crippen molar-refractivity contribution in [3.8, 4) is 11.8 Å². The van der Waals surface area contributed by atoms with Gasteiger partial charge in [-0.05, 0) is 77.7 Å². The first-order chi connectivity index (χ1) is 22.7. The zero-order valence-corrected chi connectivity index (χ0v) is 28.1. The van der Waals surface area contributed by atoms with Crippen molar-refractivity contribution in [2.45, 2.75) is 76.8 Å². The van der Waals surface area contributed by atoms with Crippen LogP contribution in [0.15, 0.2) is 28.7 Å². The Morgan fingerprint density at radius 2 is 1.98 bits per heavy atom. The van der Waals surface area contributed by atoms with Crippen molar-refractivity contribution in [2.75, 3.05) is 48.3 Å². The van der Waals surface area contributed by atoms with Gasteiger partial charge in [-0.2, -0.15) is 15.1 Å². The Kier molecular flexibility index (Phi) is 7.66. The number of halogens is 3. The summed E-state index contributed by atoms with van der Waals surface area (Å²) in [5.74, 6) is 1.17. The third-order valence-corrected chi connectivity index (χ3v) is 11.4. The lowest BCUT2D eigenvalue weighted by Crippen LogP contribution is -2.43. The average molecular weight is 710 g/mol. The topological polar surface area (TPSA) is 109 Å². The van der Waals surface area contributed by atoms with Gasteiger partial charge in [0.25, 0.3) is 0 Å². The van der Waals surface area contributed by atoms with E-state index in [0.717, 1.165) is 82.6 Å². The molecular formula is C34H39BrF2N8O2. The third-order valence-electron chi connectivity index (χ3n) is 10.5. The Labute approximate surface area is 280 Å². The molecule has 47 heavy (non-hydrogen) atoms. The quantitative estimate of drug-likeness (QED) is 0.268. The molecule has 6 heterocycles. The molecule has 4 aliphatic rings. The number of nitrogens with two attached hydrogens (primary N) is 1. The fourth-order valence-corrected chi connectivity index (χ4v) is 8.73. The molecule has 10 nitrogen and oxygen atoms in total. The second-order valence-electron chi connectivity index (χ2n) is 13.4. The molecule has 2 aromatic heterocycles. The van der Waals surface area contributed by atoms with Gasteiger partial charge in [-0.25, -0.2) is 8.78 Å². The smallest absolute Gasteiger partial charge is 0.318 e. The minimum atomic E-state index is -0.852. The minimum Gasteiger partial charge on any atom is -0.508 e. The van der Waals surface area contributed by atoms with Crippen LogP contribution < -0.4 is 20.3 Å². The van der Waals surface area contributed by atoms with Crippen LogP contribution in [0.3, 0.4) is 0 Å². The van der Waals surface area contributed by atoms with E-state index < -0.39 is 6.17 Å². The highest BCUT2D eigenvalue weighted by Gasteiger charge is 2.49. The van der Waals surface area contributed by atoms with E-state index in [0.29, 0.717) is 63.4 Å². The molecule has 248 valence electrons. The molecule has 2 fully saturated rings. The van der Waals surface area contributed by atoms with Crippen LogP contribution in [0, 0.1) is 5.82 Å². The lowest BCUT2D eigenvalue weighted by atomic mass is 9.95. The Balaban J connectivity index is 1.19. The molecule has 4 aromatic rings. The zero-order chi connectivity index (χ0) is 32.4. The first kappa shape index (κ1) is 30.6. The Morgan fingerprint density at radius 1 is 1.11 bits per heavy atom. The van der Waals surface area contributed by atoms with Crippen molar-refractivity contribution in [3.05, 3.63) is 57.1 Å². The van der Waals surface area contributed by atoms with Gasteiger partial charge in [0.1, 0.15) is 30.2 Å². The number of rotatable bonds is 6. The van der Waals surface area contributed by atoms with E-state index in [1.165, 1.54) is 6.07 Å². The summed E-state index contributed by atoms with van der Waals surface area (Å²) < 4.78 is 38.8. The van der Waals surface area contributed by atoms with Gasteiger partial charge in [0, 0.05) is 55.3 Å². The van der Waals surface area contributed by atoms with Crippen LogP contribution in [0.5, 0.6) is 11.8 Å². The number of fused-ring (bicyclic) bond motifs is 4. The number of anilines is 3. The Bertz CT molecular complexity index is 1870. The second kappa shape index (κ2) is 11.8. The molecular weight excluding hydrogens is 670 g/mol. The number of hydrogen-bond donors (Lipinski definition) is 2. The molecule has 8 rings (SSSR count). The molecule has 13 heteroatoms. The van der Waals surface area contributed by atoms with E-state index in [-0.39, 0.29) is 23.1 Å². The first-order valence-electron chi connectivity index (χ1n) is 16.6. The predicted octanol–water partition coefficient (Wildman–Crippen LogP) is 5.51. The summed E-state index contributed by atoms with van der Waals surface area (Å²) in [4.78, 5) is 16.7. The summed E-state index contributed by atoms with van der Waals surface area (Å²) in [5.41, 5.74) is 10.1. The first-order valence-corrected chi connectivity index (χ1v) is 17.4. The summed E-state index contributed by atoms with van der Waals surface area (Å²) >= 11 is 3.65. The molecule has 3 N–H and O–H groups in total. The van der Waals surface area contributed by atoms with Gasteiger partial charge < -0.3 is 25.4 Å². The maximum Gasteiger partial charge on any atom is 0.318 e. The summed E-state index contributed by atoms with van der Waals surface area (Å²) in [6.45, 7) is 6.76. The number of phenolic OH excluding ortho intramolecular Hbond substituents is 1. The number of aryl methyl sites for hydroxylation is 2. The maximum atomic E-state index is 15.0. The number of nitrogen functional groups attached to an aromatic ring is 1. The van der Waals surface area contributed by atoms with Crippen molar-refractivity contribution in [1.29, 1.82) is 0 Å². The normalized spacial score (nSPS) is 22.8. The lowest BCUT2D eigenvalue weighted by Gasteiger charge is -2.35. The highest BCUT2D eigenvalue weighted by molar-refractivity contribution is 9.10. The summed E-state index contributed by atoms with van der Waals surface area (Å²) in [7, 11) is 0. The van der Waals surface area contributed by atoms with E-state index in [1.54, 1.807) is 18.2 Å². The third kappa shape index (κ3) is 5.26. The summed E-state index contributed by atoms with van der Waals surface area (Å²) in [6, 6.07) is 6.89. The van der Waals surface area contributed by atoms with E-state index in [4.69, 9.17) is 20.4 Å². The van der Waals surface area contributed by atoms with Crippen LogP contribution >= 0.6 is 15.9 Å². The predicted molar refractivity (Wildman–Crippen MR) is 180 cm³/mol. The van der Waals surface area contributed by atoms with Crippen LogP contribution in [0.2, 0.25) is 0 Å². The van der Waals surface area contributed by atoms with Gasteiger partial charge >= 0.3 is 6.01 Å². The Hall–Kier alpha value is -3.71. The van der Waals surface area contributed by atoms with E-state index in [9.17, 15) is 9.50 Å². The number of aromatic hydroxyl groups is 1. The SMILES string of the molecule is CCc1c(F)ccc2cc(O)cc(N3CCc4c(nc(OC[C@@]56CCCN5C[C@H](F)C6)nc4N4CCCn5nc(N)c(Br)c5C4)C3)c12. The molecule has 0 amide bonds. The zero-order valence-electron chi connectivity index (χ0n) is 26.5. The number of benzene rings is 2. The standard InChI is InChI=1S/C34H39BrF2N8O2/c1-2-23-25(37)6-5-20-13-22(46)14-27(29(20)23)42-12-7-24-26(17-42)39-33(47-19-34-8-3-10-44(34)16-21(36)15-34)40-32(24)43-9-4-11-45-28(18-43)30(35)31(38)41-45/h5-6,13-14,21,46H,2-4,7-12,15-19H2,1H3,(H2,38,41)/t21-,34+/m1/s1. The average Bonchev–Trinajstić information content (AvgIpc) is 3.61. The van der Waals surface area contributed by atoms with Crippen molar-refractivity contribution < 1.29 is 18.6 Å². The highest BCUT2D eigenvalue weighted by Crippen LogP contribution is 2.42. The van der Waals surface area contributed by atoms with Gasteiger partial charge in [0.05, 0.1) is 34.5 Å². The van der Waals surface area contributed by atoms with Crippen molar-refractivity contribution in [1.82, 2.24) is 24.6 Å². The van der Waals surface area contributed by atoms with E-state index >= 15 is 4.39 Å². The molecule has 4 aliphatic heterocycles. The summed E-state index contributed by atoms with van der Waals surface area (Å²) in [5, 5.41) is 16.8. The second-order valence-corrected chi connectivity index (χ2v) is 14.2. The Morgan fingerprint density at radius 3 is 2.83 bits per heavy atom. The highest BCUT2D eigenvalue weighted by atomic mass is 79.9. The molecule has 2 saturated heterocycles. The van der Waals surface area contributed by atoms with Crippen molar-refractivity contribution >= 4 is 44.0 Å². The van der Waals surface area contributed by atoms with Gasteiger partial charge in [0.2, 0.25) is 0 Å². The molecule has 2 aromatic carbocycles. The molecule has 2 atom stereocenters. The van der Waals surface area contributed by atoms with Gasteiger partial charge in [-0.15, -0.1) is 0 Å². The monoisotopic (exact) mass is 708 g/mol. The fraction of sp³-hybridized carbons (Fsp3) is 0.500. The lowest BCUT2D eigenvalue weighted by molar-refractivity contribution is 0.107. The van der Waals surface area contributed by atoms with Gasteiger partial charge in [-0.1, -0.05) is 13.0 Å². The summed E-state index contributed by atoms with van der Waals surface area (Å²) in [6.07, 6.45) is 3.57. The number of alkyl halides is 1. The molecule has 0 aliphatic carbocycles. The molecule has 0 bridgehead atoms. The maximum absolute atomic E-state index is 15.0. The van der Waals surface area contributed by atoms with Crippen LogP contribution in [-0.4, -0.2) is 74.3 Å². The van der Waals surface area contributed by atoms with Gasteiger partial charge in [0.15, 0.2) is 5.82 Å². The van der Waals surface area contributed by atoms with E-state index in [2.05, 4.69) is 35.7 Å². The van der Waals surface area contributed by atoms with Crippen LogP contribution in [0.4, 0.5) is 26.1 Å². The molecule has 0 unspecified atom stereocenters. The van der Waals surface area contributed by atoms with Crippen LogP contribution in [-0.2, 0) is 32.5 Å². The van der Waals surface area contributed by atoms with Crippen molar-refractivity contribution in [2.24, 2.45) is 0 Å². The molecule has 0 radical (unpaired) electrons. The number of nitrogens with zero attached hydrogens (tertiary/aromatic N) is 7. The van der Waals surface area contributed by atoms with E-state index in [1.807, 2.05) is 11.6 Å². The largest absolute Gasteiger partial charge is 0.508 e. The number of ether oxygens (including phenoxy) is 1. The molecule has 0 saturated carbocycles.